The molecule has 0 aliphatic rings. The van der Waals surface area contributed by atoms with Gasteiger partial charge in [0.05, 0.1) is 0 Å². The van der Waals surface area contributed by atoms with Crippen molar-refractivity contribution in [2.24, 2.45) is 0 Å². The number of hydrogen-bond acceptors (Lipinski definition) is 2. The van der Waals surface area contributed by atoms with Crippen LogP contribution in [0, 0.1) is 6.92 Å². The van der Waals surface area contributed by atoms with Gasteiger partial charge >= 0.3 is 0 Å². The molecular formula is C16H24N2O2. The van der Waals surface area contributed by atoms with Gasteiger partial charge in [0.25, 0.3) is 5.91 Å². The van der Waals surface area contributed by atoms with E-state index in [0.717, 1.165) is 18.4 Å². The highest BCUT2D eigenvalue weighted by Gasteiger charge is 2.08. The van der Waals surface area contributed by atoms with Crippen LogP contribution in [-0.2, 0) is 4.79 Å². The number of benzene rings is 1. The molecule has 0 aromatic heterocycles. The second-order valence-electron chi connectivity index (χ2n) is 5.13. The molecule has 4 nitrogen and oxygen atoms in total. The second kappa shape index (κ2) is 8.35. The molecule has 0 saturated carbocycles. The van der Waals surface area contributed by atoms with E-state index in [0.29, 0.717) is 18.5 Å². The van der Waals surface area contributed by atoms with Crippen molar-refractivity contribution >= 4 is 11.8 Å². The number of nitrogens with one attached hydrogen (secondary N) is 2. The molecule has 2 amide bonds. The van der Waals surface area contributed by atoms with Gasteiger partial charge in [0.1, 0.15) is 0 Å². The topological polar surface area (TPSA) is 58.2 Å². The minimum absolute atomic E-state index is 0.0181. The molecule has 0 bridgehead atoms. The maximum atomic E-state index is 11.9. The van der Waals surface area contributed by atoms with Gasteiger partial charge in [0.15, 0.2) is 0 Å². The van der Waals surface area contributed by atoms with Crippen LogP contribution in [0.1, 0.15) is 49.0 Å². The van der Waals surface area contributed by atoms with Crippen molar-refractivity contribution in [2.45, 2.75) is 46.1 Å². The molecular weight excluding hydrogens is 252 g/mol. The first-order chi connectivity index (χ1) is 9.52. The Hall–Kier alpha value is -1.84. The normalized spacial score (nSPS) is 11.8. The van der Waals surface area contributed by atoms with Crippen LogP contribution in [0.5, 0.6) is 0 Å². The van der Waals surface area contributed by atoms with Gasteiger partial charge in [0.2, 0.25) is 5.91 Å². The predicted octanol–water partition coefficient (Wildman–Crippen LogP) is 2.42. The minimum Gasteiger partial charge on any atom is -0.354 e. The summed E-state index contributed by atoms with van der Waals surface area (Å²) in [7, 11) is 0. The van der Waals surface area contributed by atoms with Crippen LogP contribution in [0.3, 0.4) is 0 Å². The third-order valence-electron chi connectivity index (χ3n) is 3.05. The van der Waals surface area contributed by atoms with Crippen molar-refractivity contribution in [3.63, 3.8) is 0 Å². The zero-order valence-electron chi connectivity index (χ0n) is 12.5. The fourth-order valence-electron chi connectivity index (χ4n) is 2.03. The van der Waals surface area contributed by atoms with Crippen LogP contribution in [0.25, 0.3) is 0 Å². The molecule has 0 saturated heterocycles. The van der Waals surface area contributed by atoms with E-state index < -0.39 is 0 Å². The molecule has 1 aromatic carbocycles. The molecule has 2 N–H and O–H groups in total. The maximum Gasteiger partial charge on any atom is 0.251 e. The first-order valence-corrected chi connectivity index (χ1v) is 7.17. The van der Waals surface area contributed by atoms with E-state index in [-0.39, 0.29) is 17.9 Å². The fraction of sp³-hybridized carbons (Fsp3) is 0.500. The lowest BCUT2D eigenvalue weighted by Gasteiger charge is -2.12. The third kappa shape index (κ3) is 5.87. The quantitative estimate of drug-likeness (QED) is 0.803. The van der Waals surface area contributed by atoms with Crippen LogP contribution in [0.4, 0.5) is 0 Å². The molecule has 0 aliphatic heterocycles. The highest BCUT2D eigenvalue weighted by Crippen LogP contribution is 2.03. The Morgan fingerprint density at radius 1 is 1.30 bits per heavy atom. The van der Waals surface area contributed by atoms with E-state index in [1.165, 1.54) is 0 Å². The van der Waals surface area contributed by atoms with Gasteiger partial charge in [0, 0.05) is 24.6 Å². The van der Waals surface area contributed by atoms with Crippen LogP contribution in [0.15, 0.2) is 24.3 Å². The van der Waals surface area contributed by atoms with Gasteiger partial charge in [-0.3, -0.25) is 9.59 Å². The summed E-state index contributed by atoms with van der Waals surface area (Å²) >= 11 is 0. The first-order valence-electron chi connectivity index (χ1n) is 7.17. The molecule has 1 atom stereocenters. The largest absolute Gasteiger partial charge is 0.354 e. The zero-order valence-corrected chi connectivity index (χ0v) is 12.5. The standard InChI is InChI=1S/C16H24N2O2/c1-4-6-13(3)18-15(19)9-10-17-16(20)14-8-5-7-12(2)11-14/h5,7-8,11,13H,4,6,9-10H2,1-3H3,(H,17,20)(H,18,19)/t13-/m0/s1. The van der Waals surface area contributed by atoms with Crippen LogP contribution in [0.2, 0.25) is 0 Å². The summed E-state index contributed by atoms with van der Waals surface area (Å²) in [6.07, 6.45) is 2.33. The van der Waals surface area contributed by atoms with E-state index in [1.807, 2.05) is 32.0 Å². The van der Waals surface area contributed by atoms with Gasteiger partial charge in [-0.25, -0.2) is 0 Å². The van der Waals surface area contributed by atoms with Crippen molar-refractivity contribution in [1.29, 1.82) is 0 Å². The molecule has 110 valence electrons. The summed E-state index contributed by atoms with van der Waals surface area (Å²) in [6, 6.07) is 7.59. The van der Waals surface area contributed by atoms with Gasteiger partial charge in [-0.1, -0.05) is 31.0 Å². The lowest BCUT2D eigenvalue weighted by atomic mass is 10.1. The molecule has 1 rings (SSSR count). The van der Waals surface area contributed by atoms with Crippen molar-refractivity contribution in [1.82, 2.24) is 10.6 Å². The summed E-state index contributed by atoms with van der Waals surface area (Å²) in [5.41, 5.74) is 1.67. The van der Waals surface area contributed by atoms with Gasteiger partial charge in [-0.05, 0) is 32.4 Å². The highest BCUT2D eigenvalue weighted by molar-refractivity contribution is 5.94. The van der Waals surface area contributed by atoms with Gasteiger partial charge in [-0.2, -0.15) is 0 Å². The minimum atomic E-state index is -0.136. The number of carbonyl (C=O) groups is 2. The lowest BCUT2D eigenvalue weighted by molar-refractivity contribution is -0.121. The van der Waals surface area contributed by atoms with Crippen LogP contribution in [-0.4, -0.2) is 24.4 Å². The van der Waals surface area contributed by atoms with E-state index in [2.05, 4.69) is 17.6 Å². The summed E-state index contributed by atoms with van der Waals surface area (Å²) in [5.74, 6) is -0.154. The highest BCUT2D eigenvalue weighted by atomic mass is 16.2. The van der Waals surface area contributed by atoms with E-state index in [1.54, 1.807) is 6.07 Å². The summed E-state index contributed by atoms with van der Waals surface area (Å²) < 4.78 is 0. The van der Waals surface area contributed by atoms with Gasteiger partial charge < -0.3 is 10.6 Å². The van der Waals surface area contributed by atoms with Crippen molar-refractivity contribution in [2.75, 3.05) is 6.54 Å². The third-order valence-corrected chi connectivity index (χ3v) is 3.05. The van der Waals surface area contributed by atoms with Crippen molar-refractivity contribution in [3.8, 4) is 0 Å². The molecule has 0 heterocycles. The van der Waals surface area contributed by atoms with Crippen molar-refractivity contribution in [3.05, 3.63) is 35.4 Å². The molecule has 0 spiro atoms. The van der Waals surface area contributed by atoms with E-state index in [9.17, 15) is 9.59 Å². The first kappa shape index (κ1) is 16.2. The van der Waals surface area contributed by atoms with Crippen LogP contribution >= 0.6 is 0 Å². The number of carbonyl (C=O) groups excluding carboxylic acids is 2. The smallest absolute Gasteiger partial charge is 0.251 e. The summed E-state index contributed by atoms with van der Waals surface area (Å²) in [6.45, 7) is 6.38. The Morgan fingerprint density at radius 3 is 2.70 bits per heavy atom. The molecule has 0 aliphatic carbocycles. The van der Waals surface area contributed by atoms with E-state index >= 15 is 0 Å². The summed E-state index contributed by atoms with van der Waals surface area (Å²) in [4.78, 5) is 23.5. The maximum absolute atomic E-state index is 11.9. The predicted molar refractivity (Wildman–Crippen MR) is 80.6 cm³/mol. The Morgan fingerprint density at radius 2 is 2.05 bits per heavy atom. The number of aryl methyl sites for hydroxylation is 1. The Balaban J connectivity index is 2.30. The SMILES string of the molecule is CCC[C@H](C)NC(=O)CCNC(=O)c1cccc(C)c1. The lowest BCUT2D eigenvalue weighted by Crippen LogP contribution is -2.35. The zero-order chi connectivity index (χ0) is 15.0. The summed E-state index contributed by atoms with van der Waals surface area (Å²) in [5, 5.41) is 5.68. The number of rotatable bonds is 7. The molecule has 1 aromatic rings. The van der Waals surface area contributed by atoms with Gasteiger partial charge in [-0.15, -0.1) is 0 Å². The molecule has 0 fully saturated rings. The average molecular weight is 276 g/mol. The number of amides is 2. The molecule has 0 radical (unpaired) electrons. The number of hydrogen-bond donors (Lipinski definition) is 2. The average Bonchev–Trinajstić information content (AvgIpc) is 2.38. The van der Waals surface area contributed by atoms with E-state index in [4.69, 9.17) is 0 Å². The fourth-order valence-corrected chi connectivity index (χ4v) is 2.03. The monoisotopic (exact) mass is 276 g/mol. The molecule has 0 unspecified atom stereocenters. The van der Waals surface area contributed by atoms with Crippen LogP contribution < -0.4 is 10.6 Å². The Bertz CT molecular complexity index is 458. The molecule has 20 heavy (non-hydrogen) atoms. The molecule has 4 heteroatoms. The van der Waals surface area contributed by atoms with Crippen molar-refractivity contribution < 1.29 is 9.59 Å². The Labute approximate surface area is 121 Å². The second-order valence-corrected chi connectivity index (χ2v) is 5.13. The Kier molecular flexibility index (Phi) is 6.77.